The van der Waals surface area contributed by atoms with E-state index in [0.29, 0.717) is 0 Å². The predicted molar refractivity (Wildman–Crippen MR) is 68.2 cm³/mol. The molecule has 84 valence electrons. The first-order valence-corrected chi connectivity index (χ1v) is 5.57. The second kappa shape index (κ2) is 4.47. The molecule has 0 fully saturated rings. The van der Waals surface area contributed by atoms with Crippen molar-refractivity contribution in [3.63, 3.8) is 0 Å². The number of nitrogens with zero attached hydrogens (tertiary/aromatic N) is 3. The van der Waals surface area contributed by atoms with E-state index in [1.807, 2.05) is 37.2 Å². The van der Waals surface area contributed by atoms with Crippen LogP contribution >= 0.6 is 0 Å². The van der Waals surface area contributed by atoms with Gasteiger partial charge in [-0.1, -0.05) is 30.3 Å². The van der Waals surface area contributed by atoms with Crippen molar-refractivity contribution in [3.05, 3.63) is 35.9 Å². The van der Waals surface area contributed by atoms with Crippen LogP contribution in [0, 0.1) is 0 Å². The Labute approximate surface area is 96.5 Å². The molecule has 0 aromatic heterocycles. The fraction of sp³-hybridized carbons (Fsp3) is 0.385. The molecule has 1 aliphatic rings. The summed E-state index contributed by atoms with van der Waals surface area (Å²) in [4.78, 5) is 4.72. The monoisotopic (exact) mass is 215 g/mol. The minimum Gasteiger partial charge on any atom is -0.298 e. The van der Waals surface area contributed by atoms with Crippen LogP contribution in [0.4, 0.5) is 0 Å². The van der Waals surface area contributed by atoms with Gasteiger partial charge in [0.05, 0.1) is 24.0 Å². The Hall–Kier alpha value is -1.64. The lowest BCUT2D eigenvalue weighted by Crippen LogP contribution is -2.20. The molecule has 0 spiro atoms. The van der Waals surface area contributed by atoms with Gasteiger partial charge in [0.25, 0.3) is 0 Å². The molecule has 16 heavy (non-hydrogen) atoms. The Morgan fingerprint density at radius 3 is 2.62 bits per heavy atom. The van der Waals surface area contributed by atoms with Crippen LogP contribution in [0.5, 0.6) is 0 Å². The molecule has 1 aliphatic heterocycles. The summed E-state index contributed by atoms with van der Waals surface area (Å²) < 4.78 is 0. The van der Waals surface area contributed by atoms with Crippen LogP contribution in [0.2, 0.25) is 0 Å². The normalized spacial score (nSPS) is 21.2. The van der Waals surface area contributed by atoms with Crippen molar-refractivity contribution in [3.8, 4) is 0 Å². The van der Waals surface area contributed by atoms with Crippen LogP contribution in [-0.2, 0) is 0 Å². The maximum Gasteiger partial charge on any atom is 0.0880 e. The predicted octanol–water partition coefficient (Wildman–Crippen LogP) is 2.19. The minimum atomic E-state index is 0.279. The summed E-state index contributed by atoms with van der Waals surface area (Å²) in [6.07, 6.45) is 0. The Kier molecular flexibility index (Phi) is 3.04. The van der Waals surface area contributed by atoms with Gasteiger partial charge in [-0.15, -0.1) is 0 Å². The van der Waals surface area contributed by atoms with Crippen molar-refractivity contribution in [2.75, 3.05) is 13.6 Å². The maximum atomic E-state index is 4.72. The van der Waals surface area contributed by atoms with Gasteiger partial charge >= 0.3 is 0 Å². The zero-order valence-electron chi connectivity index (χ0n) is 10.0. The first kappa shape index (κ1) is 10.9. The molecule has 1 atom stereocenters. The summed E-state index contributed by atoms with van der Waals surface area (Å²) in [7, 11) is 1.99. The molecular formula is C13H17N3. The van der Waals surface area contributed by atoms with E-state index in [9.17, 15) is 0 Å². The number of aliphatic imine (C=N–C) groups is 1. The molecule has 0 amide bonds. The average Bonchev–Trinajstić information content (AvgIpc) is 2.38. The lowest BCUT2D eigenvalue weighted by atomic mass is 10.1. The van der Waals surface area contributed by atoms with Crippen molar-refractivity contribution in [2.45, 2.75) is 19.9 Å². The van der Waals surface area contributed by atoms with Gasteiger partial charge in [-0.2, -0.15) is 5.10 Å². The highest BCUT2D eigenvalue weighted by molar-refractivity contribution is 6.47. The number of benzene rings is 1. The van der Waals surface area contributed by atoms with Gasteiger partial charge in [0, 0.05) is 12.6 Å². The van der Waals surface area contributed by atoms with Crippen molar-refractivity contribution in [1.29, 1.82) is 0 Å². The van der Waals surface area contributed by atoms with E-state index >= 15 is 0 Å². The van der Waals surface area contributed by atoms with Crippen molar-refractivity contribution in [2.24, 2.45) is 10.1 Å². The molecule has 0 radical (unpaired) electrons. The highest BCUT2D eigenvalue weighted by Gasteiger charge is 2.15. The zero-order valence-corrected chi connectivity index (χ0v) is 10.0. The van der Waals surface area contributed by atoms with Crippen LogP contribution in [0.15, 0.2) is 40.4 Å². The van der Waals surface area contributed by atoms with Gasteiger partial charge in [0.1, 0.15) is 0 Å². The molecule has 3 nitrogen and oxygen atoms in total. The smallest absolute Gasteiger partial charge is 0.0880 e. The number of hydrogen-bond acceptors (Lipinski definition) is 3. The zero-order chi connectivity index (χ0) is 11.5. The third-order valence-corrected chi connectivity index (χ3v) is 2.59. The van der Waals surface area contributed by atoms with E-state index in [-0.39, 0.29) is 6.04 Å². The number of hydrazone groups is 1. The van der Waals surface area contributed by atoms with E-state index in [0.717, 1.165) is 23.5 Å². The minimum absolute atomic E-state index is 0.279. The third-order valence-electron chi connectivity index (χ3n) is 2.59. The lowest BCUT2D eigenvalue weighted by Gasteiger charge is -2.12. The average molecular weight is 215 g/mol. The van der Waals surface area contributed by atoms with Crippen molar-refractivity contribution < 1.29 is 0 Å². The molecule has 0 saturated carbocycles. The summed E-state index contributed by atoms with van der Waals surface area (Å²) in [5.41, 5.74) is 3.14. The summed E-state index contributed by atoms with van der Waals surface area (Å²) in [5.74, 6) is 0. The van der Waals surface area contributed by atoms with Crippen LogP contribution < -0.4 is 0 Å². The molecule has 0 saturated heterocycles. The second-order valence-corrected chi connectivity index (χ2v) is 4.22. The molecule has 2 rings (SSSR count). The van der Waals surface area contributed by atoms with Crippen molar-refractivity contribution in [1.82, 2.24) is 5.01 Å². The van der Waals surface area contributed by atoms with Gasteiger partial charge in [-0.05, 0) is 13.8 Å². The van der Waals surface area contributed by atoms with Crippen LogP contribution in [0.3, 0.4) is 0 Å². The molecule has 0 bridgehead atoms. The summed E-state index contributed by atoms with van der Waals surface area (Å²) in [5, 5.41) is 6.46. The van der Waals surface area contributed by atoms with Crippen LogP contribution in [0.25, 0.3) is 0 Å². The van der Waals surface area contributed by atoms with Gasteiger partial charge in [0.15, 0.2) is 0 Å². The van der Waals surface area contributed by atoms with Gasteiger partial charge in [-0.25, -0.2) is 0 Å². The van der Waals surface area contributed by atoms with Crippen LogP contribution in [0.1, 0.15) is 19.4 Å². The lowest BCUT2D eigenvalue weighted by molar-refractivity contribution is 0.339. The van der Waals surface area contributed by atoms with Crippen molar-refractivity contribution >= 4 is 11.4 Å². The van der Waals surface area contributed by atoms with Gasteiger partial charge < -0.3 is 0 Å². The second-order valence-electron chi connectivity index (χ2n) is 4.22. The quantitative estimate of drug-likeness (QED) is 0.705. The molecule has 0 aliphatic carbocycles. The molecule has 1 unspecified atom stereocenters. The van der Waals surface area contributed by atoms with E-state index in [2.05, 4.69) is 24.2 Å². The SMILES string of the molecule is CC1=NN(C)CC(C)N=C1c1ccccc1. The fourth-order valence-corrected chi connectivity index (χ4v) is 1.96. The van der Waals surface area contributed by atoms with E-state index < -0.39 is 0 Å². The first-order chi connectivity index (χ1) is 7.66. The largest absolute Gasteiger partial charge is 0.298 e. The van der Waals surface area contributed by atoms with E-state index in [1.54, 1.807) is 0 Å². The molecular weight excluding hydrogens is 198 g/mol. The molecule has 1 heterocycles. The topological polar surface area (TPSA) is 28.0 Å². The number of rotatable bonds is 1. The first-order valence-electron chi connectivity index (χ1n) is 5.57. The molecule has 0 N–H and O–H groups in total. The van der Waals surface area contributed by atoms with E-state index in [1.165, 1.54) is 0 Å². The molecule has 3 heteroatoms. The van der Waals surface area contributed by atoms with Crippen LogP contribution in [-0.4, -0.2) is 36.1 Å². The summed E-state index contributed by atoms with van der Waals surface area (Å²) in [6.45, 7) is 5.00. The molecule has 1 aromatic carbocycles. The third kappa shape index (κ3) is 2.30. The van der Waals surface area contributed by atoms with E-state index in [4.69, 9.17) is 4.99 Å². The number of likely N-dealkylation sites (N-methyl/N-ethyl adjacent to an activating group) is 1. The molecule has 1 aromatic rings. The van der Waals surface area contributed by atoms with Gasteiger partial charge in [-0.3, -0.25) is 10.0 Å². The maximum absolute atomic E-state index is 4.72. The highest BCUT2D eigenvalue weighted by atomic mass is 15.4. The highest BCUT2D eigenvalue weighted by Crippen LogP contribution is 2.09. The fourth-order valence-electron chi connectivity index (χ4n) is 1.96. The van der Waals surface area contributed by atoms with Gasteiger partial charge in [0.2, 0.25) is 0 Å². The Balaban J connectivity index is 2.42. The number of hydrogen-bond donors (Lipinski definition) is 0. The summed E-state index contributed by atoms with van der Waals surface area (Å²) in [6, 6.07) is 10.5. The summed E-state index contributed by atoms with van der Waals surface area (Å²) >= 11 is 0. The Morgan fingerprint density at radius 2 is 1.94 bits per heavy atom. The Morgan fingerprint density at radius 1 is 1.25 bits per heavy atom. The Bertz CT molecular complexity index is 420. The standard InChI is InChI=1S/C13H17N3/c1-10-9-16(3)15-11(2)13(14-10)12-7-5-4-6-8-12/h4-8,10H,9H2,1-3H3.